The summed E-state index contributed by atoms with van der Waals surface area (Å²) in [4.78, 5) is 10.9. The largest absolute Gasteiger partial charge is 0.497 e. The number of ether oxygens (including phenoxy) is 5. The molecule has 2 saturated carbocycles. The SMILES string of the molecule is C.COc1cccc(I)c1.Cc1cccc(C2(O)CCC3(CC2)OCCO3)c1.O.O=C1CCC2(CC1)OCCO2. The fourth-order valence-corrected chi connectivity index (χ4v) is 5.86. The van der Waals surface area contributed by atoms with Gasteiger partial charge in [0.15, 0.2) is 11.6 Å². The zero-order valence-electron chi connectivity index (χ0n) is 22.9. The molecule has 40 heavy (non-hydrogen) atoms. The minimum atomic E-state index is -0.716. The summed E-state index contributed by atoms with van der Waals surface area (Å²) < 4.78 is 28.5. The Kier molecular flexibility index (Phi) is 13.5. The van der Waals surface area contributed by atoms with E-state index < -0.39 is 11.4 Å². The molecule has 2 aliphatic carbocycles. The summed E-state index contributed by atoms with van der Waals surface area (Å²) >= 11 is 2.25. The normalized spacial score (nSPS) is 21.6. The van der Waals surface area contributed by atoms with Gasteiger partial charge >= 0.3 is 0 Å². The van der Waals surface area contributed by atoms with Gasteiger partial charge in [-0.05, 0) is 66.1 Å². The van der Waals surface area contributed by atoms with Crippen LogP contribution in [0.3, 0.4) is 0 Å². The third kappa shape index (κ3) is 9.20. The highest BCUT2D eigenvalue weighted by Gasteiger charge is 2.46. The van der Waals surface area contributed by atoms with Crippen LogP contribution >= 0.6 is 22.6 Å². The molecule has 0 amide bonds. The molecule has 2 aliphatic heterocycles. The van der Waals surface area contributed by atoms with E-state index in [1.165, 1.54) is 9.13 Å². The number of aryl methyl sites for hydroxylation is 1. The number of methoxy groups -OCH3 is 1. The first-order chi connectivity index (χ1) is 18.3. The number of Topliss-reactive ketones (excluding diaryl/α,β-unsaturated/α-hetero) is 1. The lowest BCUT2D eigenvalue weighted by atomic mass is 9.77. The predicted octanol–water partition coefficient (Wildman–Crippen LogP) is 5.48. The molecule has 2 saturated heterocycles. The summed E-state index contributed by atoms with van der Waals surface area (Å²) in [5.41, 5.74) is 1.50. The van der Waals surface area contributed by atoms with Gasteiger partial charge in [-0.15, -0.1) is 0 Å². The van der Waals surface area contributed by atoms with Gasteiger partial charge in [-0.1, -0.05) is 43.3 Å². The zero-order chi connectivity index (χ0) is 27.1. The zero-order valence-corrected chi connectivity index (χ0v) is 25.0. The molecule has 9 heteroatoms. The second-order valence-electron chi connectivity index (χ2n) is 10.3. The van der Waals surface area contributed by atoms with E-state index in [0.717, 1.165) is 37.0 Å². The molecule has 2 heterocycles. The average molecular weight is 673 g/mol. The molecule has 6 rings (SSSR count). The van der Waals surface area contributed by atoms with Crippen molar-refractivity contribution in [1.82, 2.24) is 0 Å². The van der Waals surface area contributed by atoms with E-state index in [2.05, 4.69) is 41.6 Å². The molecule has 2 aromatic rings. The van der Waals surface area contributed by atoms with Crippen molar-refractivity contribution in [3.8, 4) is 5.75 Å². The van der Waals surface area contributed by atoms with Crippen LogP contribution in [-0.4, -0.2) is 61.5 Å². The number of carbonyl (C=O) groups excluding carboxylic acids is 1. The lowest BCUT2D eigenvalue weighted by molar-refractivity contribution is -0.204. The van der Waals surface area contributed by atoms with E-state index >= 15 is 0 Å². The van der Waals surface area contributed by atoms with Gasteiger partial charge in [0.05, 0.1) is 39.1 Å². The Balaban J connectivity index is 0.000000220. The lowest BCUT2D eigenvalue weighted by Gasteiger charge is -2.40. The Morgan fingerprint density at radius 1 is 0.800 bits per heavy atom. The number of halogens is 1. The van der Waals surface area contributed by atoms with E-state index in [9.17, 15) is 9.90 Å². The maximum Gasteiger partial charge on any atom is 0.169 e. The number of ketones is 1. The molecule has 0 aromatic heterocycles. The van der Waals surface area contributed by atoms with Crippen LogP contribution in [0.25, 0.3) is 0 Å². The van der Waals surface area contributed by atoms with Gasteiger partial charge in [-0.2, -0.15) is 0 Å². The maximum absolute atomic E-state index is 10.9. The quantitative estimate of drug-likeness (QED) is 0.420. The van der Waals surface area contributed by atoms with Gasteiger partial charge in [-0.3, -0.25) is 4.79 Å². The standard InChI is InChI=1S/C15H20O3.C8H12O3.C7H7IO.CH4.H2O/c1-12-3-2-4-13(11-12)14(16)5-7-15(8-6-14)17-9-10-18-15;9-7-1-3-8(4-2-7)10-5-6-11-8;1-9-7-4-2-3-6(8)5-7;;/h2-4,11,16H,5-10H2,1H3;1-6H2;2-5H,1H3;1H4;1H2. The van der Waals surface area contributed by atoms with Crippen molar-refractivity contribution in [2.24, 2.45) is 0 Å². The van der Waals surface area contributed by atoms with Gasteiger partial charge < -0.3 is 34.3 Å². The van der Waals surface area contributed by atoms with Crippen LogP contribution in [0.15, 0.2) is 48.5 Å². The van der Waals surface area contributed by atoms with Crippen LogP contribution in [-0.2, 0) is 29.3 Å². The Morgan fingerprint density at radius 3 is 1.80 bits per heavy atom. The van der Waals surface area contributed by atoms with Crippen molar-refractivity contribution < 1.29 is 39.1 Å². The monoisotopic (exact) mass is 672 g/mol. The van der Waals surface area contributed by atoms with Crippen molar-refractivity contribution in [3.63, 3.8) is 0 Å². The fraction of sp³-hybridized carbons (Fsp3) is 0.581. The van der Waals surface area contributed by atoms with Gasteiger partial charge in [0.2, 0.25) is 0 Å². The van der Waals surface area contributed by atoms with Crippen LogP contribution in [0.2, 0.25) is 0 Å². The van der Waals surface area contributed by atoms with E-state index in [1.54, 1.807) is 7.11 Å². The molecule has 3 N–H and O–H groups in total. The van der Waals surface area contributed by atoms with Crippen LogP contribution in [0.1, 0.15) is 69.9 Å². The number of carbonyl (C=O) groups is 1. The molecule has 4 fully saturated rings. The average Bonchev–Trinajstić information content (AvgIpc) is 3.59. The van der Waals surface area contributed by atoms with E-state index in [1.807, 2.05) is 36.4 Å². The van der Waals surface area contributed by atoms with Crippen molar-refractivity contribution in [3.05, 3.63) is 63.2 Å². The summed E-state index contributed by atoms with van der Waals surface area (Å²) in [6.45, 7) is 4.80. The number of aliphatic hydroxyl groups is 1. The molecule has 8 nitrogen and oxygen atoms in total. The molecule has 4 aliphatic rings. The van der Waals surface area contributed by atoms with E-state index in [-0.39, 0.29) is 18.7 Å². The molecule has 0 atom stereocenters. The van der Waals surface area contributed by atoms with E-state index in [0.29, 0.717) is 57.9 Å². The lowest BCUT2D eigenvalue weighted by Crippen LogP contribution is -2.42. The Labute approximate surface area is 252 Å². The maximum atomic E-state index is 10.9. The van der Waals surface area contributed by atoms with Crippen LogP contribution in [0.5, 0.6) is 5.75 Å². The third-order valence-corrected chi connectivity index (χ3v) is 8.29. The smallest absolute Gasteiger partial charge is 0.169 e. The van der Waals surface area contributed by atoms with Crippen LogP contribution < -0.4 is 4.74 Å². The summed E-state index contributed by atoms with van der Waals surface area (Å²) in [6.07, 6.45) is 5.72. The molecule has 0 unspecified atom stereocenters. The van der Waals surface area contributed by atoms with Crippen molar-refractivity contribution in [2.75, 3.05) is 33.5 Å². The second-order valence-corrected chi connectivity index (χ2v) is 11.6. The summed E-state index contributed by atoms with van der Waals surface area (Å²) in [6, 6.07) is 16.1. The Hall–Kier alpha value is -1.60. The van der Waals surface area contributed by atoms with E-state index in [4.69, 9.17) is 23.7 Å². The van der Waals surface area contributed by atoms with Gasteiger partial charge in [0, 0.05) is 42.1 Å². The molecular formula is C31H45IO8. The third-order valence-electron chi connectivity index (χ3n) is 7.62. The number of hydrogen-bond acceptors (Lipinski definition) is 7. The highest BCUT2D eigenvalue weighted by molar-refractivity contribution is 14.1. The first kappa shape index (κ1) is 34.6. The van der Waals surface area contributed by atoms with Gasteiger partial charge in [-0.25, -0.2) is 0 Å². The molecule has 224 valence electrons. The topological polar surface area (TPSA) is 115 Å². The molecular weight excluding hydrogens is 627 g/mol. The molecule has 2 aromatic carbocycles. The first-order valence-corrected chi connectivity index (χ1v) is 14.5. The fourth-order valence-electron chi connectivity index (χ4n) is 5.34. The highest BCUT2D eigenvalue weighted by atomic mass is 127. The van der Waals surface area contributed by atoms with Gasteiger partial charge in [0.25, 0.3) is 0 Å². The number of benzene rings is 2. The molecule has 0 bridgehead atoms. The van der Waals surface area contributed by atoms with Crippen LogP contribution in [0.4, 0.5) is 0 Å². The van der Waals surface area contributed by atoms with Crippen molar-refractivity contribution >= 4 is 28.4 Å². The molecule has 0 radical (unpaired) electrons. The Morgan fingerprint density at radius 2 is 1.32 bits per heavy atom. The minimum absolute atomic E-state index is 0. The van der Waals surface area contributed by atoms with Crippen molar-refractivity contribution in [1.29, 1.82) is 0 Å². The van der Waals surface area contributed by atoms with Crippen LogP contribution in [0, 0.1) is 10.5 Å². The minimum Gasteiger partial charge on any atom is -0.497 e. The van der Waals surface area contributed by atoms with Gasteiger partial charge in [0.1, 0.15) is 11.5 Å². The number of rotatable bonds is 2. The summed E-state index contributed by atoms with van der Waals surface area (Å²) in [5.74, 6) is 0.487. The number of hydrogen-bond donors (Lipinski definition) is 1. The second kappa shape index (κ2) is 15.6. The molecule has 2 spiro atoms. The predicted molar refractivity (Wildman–Crippen MR) is 162 cm³/mol. The van der Waals surface area contributed by atoms with Crippen molar-refractivity contribution in [2.45, 2.75) is 82.9 Å². The summed E-state index contributed by atoms with van der Waals surface area (Å²) in [5, 5.41) is 10.8. The summed E-state index contributed by atoms with van der Waals surface area (Å²) in [7, 11) is 1.67. The first-order valence-electron chi connectivity index (χ1n) is 13.4. The Bertz CT molecular complexity index is 1040. The highest BCUT2D eigenvalue weighted by Crippen LogP contribution is 2.44.